The van der Waals surface area contributed by atoms with Gasteiger partial charge in [0.2, 0.25) is 0 Å². The molecule has 4 aromatic rings. The van der Waals surface area contributed by atoms with E-state index in [0.717, 1.165) is 12.0 Å². The van der Waals surface area contributed by atoms with Gasteiger partial charge in [-0.25, -0.2) is 0 Å². The SMILES string of the molecule is C=C(C)c1ccc(C/C=[CH]/[Ge]([c]2ccccc2)([c]2ccccc2)[c]2ccccc2)cc1. The summed E-state index contributed by atoms with van der Waals surface area (Å²) in [5.41, 5.74) is 3.64. The van der Waals surface area contributed by atoms with Crippen molar-refractivity contribution in [1.29, 1.82) is 0 Å². The molecule has 0 atom stereocenters. The van der Waals surface area contributed by atoms with Crippen molar-refractivity contribution in [2.75, 3.05) is 0 Å². The molecular weight excluding hydrogens is 433 g/mol. The van der Waals surface area contributed by atoms with Crippen LogP contribution in [0.15, 0.2) is 133 Å². The Kier molecular flexibility index (Phi) is 6.69. The van der Waals surface area contributed by atoms with E-state index in [-0.39, 0.29) is 0 Å². The molecule has 152 valence electrons. The predicted molar refractivity (Wildman–Crippen MR) is 138 cm³/mol. The molecule has 0 nitrogen and oxygen atoms in total. The summed E-state index contributed by atoms with van der Waals surface area (Å²) in [7, 11) is 0. The zero-order valence-corrected chi connectivity index (χ0v) is 20.1. The Morgan fingerprint density at radius 2 is 1.06 bits per heavy atom. The predicted octanol–water partition coefficient (Wildman–Crippen LogP) is 5.53. The van der Waals surface area contributed by atoms with Crippen molar-refractivity contribution in [3.63, 3.8) is 0 Å². The maximum absolute atomic E-state index is 4.04. The second-order valence-electron chi connectivity index (χ2n) is 7.99. The second kappa shape index (κ2) is 9.81. The monoisotopic (exact) mass is 462 g/mol. The molecule has 0 radical (unpaired) electrons. The van der Waals surface area contributed by atoms with Crippen molar-refractivity contribution in [2.45, 2.75) is 13.3 Å². The summed E-state index contributed by atoms with van der Waals surface area (Å²) in [5.74, 6) is 0. The fraction of sp³-hybridized carbons (Fsp3) is 0.0667. The molecular formula is C30H28Ge. The van der Waals surface area contributed by atoms with E-state index in [0.29, 0.717) is 0 Å². The van der Waals surface area contributed by atoms with Crippen molar-refractivity contribution >= 4 is 32.0 Å². The topological polar surface area (TPSA) is 0 Å². The minimum absolute atomic E-state index is 0.927. The Morgan fingerprint density at radius 1 is 0.645 bits per heavy atom. The van der Waals surface area contributed by atoms with Crippen LogP contribution in [0.25, 0.3) is 5.57 Å². The van der Waals surface area contributed by atoms with Gasteiger partial charge in [0.05, 0.1) is 0 Å². The quantitative estimate of drug-likeness (QED) is 0.318. The zero-order valence-electron chi connectivity index (χ0n) is 18.0. The minimum atomic E-state index is -2.99. The summed E-state index contributed by atoms with van der Waals surface area (Å²) < 4.78 is 4.36. The van der Waals surface area contributed by atoms with Gasteiger partial charge in [-0.05, 0) is 0 Å². The molecule has 0 saturated heterocycles. The first kappa shape index (κ1) is 21.1. The molecule has 1 heteroatoms. The molecule has 4 rings (SSSR count). The zero-order chi connectivity index (χ0) is 21.5. The van der Waals surface area contributed by atoms with E-state index < -0.39 is 13.3 Å². The van der Waals surface area contributed by atoms with E-state index in [9.17, 15) is 0 Å². The molecule has 0 aliphatic heterocycles. The molecule has 0 N–H and O–H groups in total. The molecule has 0 bridgehead atoms. The number of allylic oxidation sites excluding steroid dienone is 2. The molecule has 4 aromatic carbocycles. The van der Waals surface area contributed by atoms with Crippen LogP contribution in [0.2, 0.25) is 0 Å². The Balaban J connectivity index is 1.80. The summed E-state index contributed by atoms with van der Waals surface area (Å²) >= 11 is -2.99. The number of hydrogen-bond donors (Lipinski definition) is 0. The molecule has 0 aliphatic rings. The summed E-state index contributed by atoms with van der Waals surface area (Å²) in [6.45, 7) is 6.10. The van der Waals surface area contributed by atoms with Crippen LogP contribution in [-0.4, -0.2) is 13.3 Å². The Labute approximate surface area is 189 Å². The van der Waals surface area contributed by atoms with Gasteiger partial charge in [0, 0.05) is 0 Å². The molecule has 0 unspecified atom stereocenters. The fourth-order valence-corrected chi connectivity index (χ4v) is 13.0. The van der Waals surface area contributed by atoms with E-state index in [1.165, 1.54) is 24.3 Å². The molecule has 0 aromatic heterocycles. The third kappa shape index (κ3) is 4.65. The van der Waals surface area contributed by atoms with E-state index in [4.69, 9.17) is 0 Å². The van der Waals surface area contributed by atoms with Crippen LogP contribution in [-0.2, 0) is 6.42 Å². The molecule has 0 fully saturated rings. The number of benzene rings is 4. The molecule has 0 heterocycles. The molecule has 0 amide bonds. The first-order valence-electron chi connectivity index (χ1n) is 10.8. The third-order valence-electron chi connectivity index (χ3n) is 5.86. The fourth-order valence-electron chi connectivity index (χ4n) is 4.19. The van der Waals surface area contributed by atoms with Crippen molar-refractivity contribution < 1.29 is 0 Å². The molecule has 31 heavy (non-hydrogen) atoms. The van der Waals surface area contributed by atoms with E-state index >= 15 is 0 Å². The molecule has 0 spiro atoms. The van der Waals surface area contributed by atoms with Crippen LogP contribution in [0.1, 0.15) is 18.1 Å². The normalized spacial score (nSPS) is 11.5. The van der Waals surface area contributed by atoms with Crippen LogP contribution in [0.3, 0.4) is 0 Å². The van der Waals surface area contributed by atoms with Crippen molar-refractivity contribution in [3.8, 4) is 0 Å². The first-order valence-corrected chi connectivity index (χ1v) is 15.1. The standard InChI is InChI=1S/C30H28Ge/c1-25(2)27-22-20-26(21-23-27)13-12-24-31(28-14-6-3-7-15-28,29-16-8-4-9-17-29)30-18-10-5-11-19-30/h3-12,14-24H,1,13H2,2H3/b24-12+. The van der Waals surface area contributed by atoms with Crippen LogP contribution in [0.5, 0.6) is 0 Å². The third-order valence-corrected chi connectivity index (χ3v) is 15.2. The van der Waals surface area contributed by atoms with Gasteiger partial charge in [0.15, 0.2) is 0 Å². The van der Waals surface area contributed by atoms with Gasteiger partial charge in [-0.2, -0.15) is 0 Å². The van der Waals surface area contributed by atoms with Gasteiger partial charge in [-0.3, -0.25) is 0 Å². The maximum atomic E-state index is 4.04. The van der Waals surface area contributed by atoms with Crippen molar-refractivity contribution in [3.05, 3.63) is 144 Å². The average Bonchev–Trinajstić information content (AvgIpc) is 2.84. The van der Waals surface area contributed by atoms with Gasteiger partial charge in [-0.15, -0.1) is 0 Å². The van der Waals surface area contributed by atoms with Gasteiger partial charge >= 0.3 is 189 Å². The number of hydrogen-bond acceptors (Lipinski definition) is 0. The number of rotatable bonds is 7. The van der Waals surface area contributed by atoms with E-state index in [1.54, 1.807) is 0 Å². The summed E-state index contributed by atoms with van der Waals surface area (Å²) in [5, 5.41) is 0. The van der Waals surface area contributed by atoms with E-state index in [1.807, 2.05) is 0 Å². The second-order valence-corrected chi connectivity index (χ2v) is 15.7. The Bertz CT molecular complexity index is 1040. The van der Waals surface area contributed by atoms with Crippen LogP contribution in [0, 0.1) is 0 Å². The van der Waals surface area contributed by atoms with Gasteiger partial charge in [-0.1, -0.05) is 0 Å². The first-order chi connectivity index (χ1) is 15.2. The van der Waals surface area contributed by atoms with Crippen LogP contribution in [0.4, 0.5) is 0 Å². The van der Waals surface area contributed by atoms with Gasteiger partial charge in [0.1, 0.15) is 0 Å². The van der Waals surface area contributed by atoms with Crippen LogP contribution >= 0.6 is 0 Å². The van der Waals surface area contributed by atoms with Gasteiger partial charge < -0.3 is 0 Å². The summed E-state index contributed by atoms with van der Waals surface area (Å²) in [4.78, 5) is 2.56. The average molecular weight is 461 g/mol. The van der Waals surface area contributed by atoms with Gasteiger partial charge in [0.25, 0.3) is 0 Å². The molecule has 0 saturated carbocycles. The van der Waals surface area contributed by atoms with Crippen LogP contribution < -0.4 is 13.2 Å². The Hall–Kier alpha value is -3.10. The summed E-state index contributed by atoms with van der Waals surface area (Å²) in [6, 6.07) is 42.0. The Morgan fingerprint density at radius 3 is 1.45 bits per heavy atom. The van der Waals surface area contributed by atoms with E-state index in [2.05, 4.69) is 140 Å². The van der Waals surface area contributed by atoms with Crippen molar-refractivity contribution in [2.24, 2.45) is 0 Å². The van der Waals surface area contributed by atoms with Crippen molar-refractivity contribution in [1.82, 2.24) is 0 Å². The summed E-state index contributed by atoms with van der Waals surface area (Å²) in [6.07, 6.45) is 3.32. The molecule has 0 aliphatic carbocycles.